The van der Waals surface area contributed by atoms with Crippen molar-refractivity contribution in [3.63, 3.8) is 0 Å². The summed E-state index contributed by atoms with van der Waals surface area (Å²) in [6.45, 7) is 0. The molecule has 7 heteroatoms. The van der Waals surface area contributed by atoms with Crippen LogP contribution >= 0.6 is 19.6 Å². The third-order valence-electron chi connectivity index (χ3n) is 7.38. The summed E-state index contributed by atoms with van der Waals surface area (Å²) in [4.78, 5) is 0. The van der Waals surface area contributed by atoms with E-state index in [1.165, 1.54) is 8.92 Å². The molecule has 44 heavy (non-hydrogen) atoms. The standard InChI is InChI=1S/C37H31O2P3Se2/c38-41(31-19-7-1-8-20-31,32-21-9-2-10-22-32)37(42(39,33-23-11-3-12-24-33)34-25-13-4-14-26-34)40(43-35-27-15-5-16-28-35)44-36-29-17-6-18-30-36/h1-30,37H/p+1. The van der Waals surface area contributed by atoms with Crippen molar-refractivity contribution in [3.8, 4) is 0 Å². The Bertz CT molecular complexity index is 1630. The van der Waals surface area contributed by atoms with Crippen LogP contribution in [0.1, 0.15) is 0 Å². The minimum atomic E-state index is -3.50. The first kappa shape index (κ1) is 31.2. The van der Waals surface area contributed by atoms with E-state index < -0.39 is 24.7 Å². The third-order valence-corrected chi connectivity index (χ3v) is 39.8. The minimum absolute atomic E-state index is 0.0229. The summed E-state index contributed by atoms with van der Waals surface area (Å²) in [7, 11) is -7.01. The Kier molecular flexibility index (Phi) is 10.3. The molecule has 6 aromatic rings. The monoisotopic (exact) mass is 761 g/mol. The van der Waals surface area contributed by atoms with E-state index in [1.807, 2.05) is 133 Å². The van der Waals surface area contributed by atoms with E-state index in [-0.39, 0.29) is 29.0 Å². The average Bonchev–Trinajstić information content (AvgIpc) is 3.10. The van der Waals surface area contributed by atoms with Gasteiger partial charge in [-0.05, 0) is 0 Å². The van der Waals surface area contributed by atoms with Gasteiger partial charge in [-0.25, -0.2) is 0 Å². The normalized spacial score (nSPS) is 12.0. The van der Waals surface area contributed by atoms with Crippen molar-refractivity contribution < 1.29 is 9.13 Å². The van der Waals surface area contributed by atoms with Crippen molar-refractivity contribution in [1.29, 1.82) is 0 Å². The average molecular weight is 760 g/mol. The Morgan fingerprint density at radius 3 is 0.841 bits per heavy atom. The Hall–Kier alpha value is -2.75. The van der Waals surface area contributed by atoms with E-state index in [1.54, 1.807) is 0 Å². The van der Waals surface area contributed by atoms with Crippen LogP contribution in [-0.4, -0.2) is 34.2 Å². The fourth-order valence-corrected chi connectivity index (χ4v) is 47.1. The second-order valence-electron chi connectivity index (χ2n) is 10.2. The molecule has 0 saturated heterocycles. The van der Waals surface area contributed by atoms with E-state index in [0.29, 0.717) is 0 Å². The van der Waals surface area contributed by atoms with Gasteiger partial charge in [0.15, 0.2) is 0 Å². The molecule has 0 heterocycles. The van der Waals surface area contributed by atoms with Crippen LogP contribution in [0.2, 0.25) is 0 Å². The molecule has 0 atom stereocenters. The molecular weight excluding hydrogens is 727 g/mol. The second kappa shape index (κ2) is 14.6. The first-order chi connectivity index (χ1) is 21.6. The first-order valence-corrected chi connectivity index (χ1v) is 26.1. The van der Waals surface area contributed by atoms with Crippen molar-refractivity contribution in [2.75, 3.05) is 0 Å². The fraction of sp³-hybridized carbons (Fsp3) is 0.0270. The van der Waals surface area contributed by atoms with Crippen molar-refractivity contribution in [1.82, 2.24) is 0 Å². The van der Waals surface area contributed by atoms with Crippen LogP contribution in [0.15, 0.2) is 182 Å². The summed E-state index contributed by atoms with van der Waals surface area (Å²) >= 11 is -0.0459. The number of rotatable bonds is 11. The molecule has 218 valence electrons. The summed E-state index contributed by atoms with van der Waals surface area (Å²) in [5, 5.41) is 0.955. The van der Waals surface area contributed by atoms with E-state index >= 15 is 9.13 Å². The number of hydrogen-bond acceptors (Lipinski definition) is 2. The van der Waals surface area contributed by atoms with Gasteiger partial charge in [0.1, 0.15) is 0 Å². The van der Waals surface area contributed by atoms with E-state index in [2.05, 4.69) is 48.5 Å². The molecule has 2 nitrogen and oxygen atoms in total. The molecule has 0 fully saturated rings. The molecule has 0 aromatic heterocycles. The van der Waals surface area contributed by atoms with Gasteiger partial charge < -0.3 is 0 Å². The molecule has 6 rings (SSSR count). The van der Waals surface area contributed by atoms with Crippen molar-refractivity contribution >= 4 is 78.8 Å². The summed E-state index contributed by atoms with van der Waals surface area (Å²) in [5.41, 5.74) is 0. The molecule has 0 amide bonds. The predicted octanol–water partition coefficient (Wildman–Crippen LogP) is 6.40. The van der Waals surface area contributed by atoms with Crippen molar-refractivity contribution in [2.45, 2.75) is 5.14 Å². The maximum absolute atomic E-state index is 16.6. The molecule has 0 N–H and O–H groups in total. The summed E-state index contributed by atoms with van der Waals surface area (Å²) < 4.78 is 35.7. The van der Waals surface area contributed by atoms with Crippen LogP contribution in [0.25, 0.3) is 0 Å². The number of hydrogen-bond donors (Lipinski definition) is 0. The SMILES string of the molecule is O=P(c1ccccc1)(c1ccccc1)C([PH+]([Se]c1ccccc1)[Se]c1ccccc1)P(=O)(c1ccccc1)c1ccccc1. The summed E-state index contributed by atoms with van der Waals surface area (Å²) in [6, 6.07) is 60.7. The summed E-state index contributed by atoms with van der Waals surface area (Å²) in [5.74, 6) is 0. The Morgan fingerprint density at radius 1 is 0.364 bits per heavy atom. The van der Waals surface area contributed by atoms with E-state index in [4.69, 9.17) is 0 Å². The van der Waals surface area contributed by atoms with Gasteiger partial charge in [0, 0.05) is 0 Å². The van der Waals surface area contributed by atoms with Gasteiger partial charge >= 0.3 is 275 Å². The zero-order chi connectivity index (χ0) is 30.2. The fourth-order valence-electron chi connectivity index (χ4n) is 5.32. The van der Waals surface area contributed by atoms with Crippen molar-refractivity contribution in [2.24, 2.45) is 0 Å². The molecule has 0 unspecified atom stereocenters. The maximum atomic E-state index is 16.6. The molecule has 0 saturated carbocycles. The van der Waals surface area contributed by atoms with Crippen LogP contribution < -0.4 is 30.1 Å². The third kappa shape index (κ3) is 6.60. The van der Waals surface area contributed by atoms with Crippen LogP contribution in [0.5, 0.6) is 0 Å². The second-order valence-corrected chi connectivity index (χ2v) is 32.9. The van der Waals surface area contributed by atoms with Crippen molar-refractivity contribution in [3.05, 3.63) is 182 Å². The summed E-state index contributed by atoms with van der Waals surface area (Å²) in [6.07, 6.45) is 0. The van der Waals surface area contributed by atoms with Crippen LogP contribution in [0.4, 0.5) is 0 Å². The molecule has 0 radical (unpaired) electrons. The Labute approximate surface area is 273 Å². The van der Waals surface area contributed by atoms with Crippen LogP contribution in [0.3, 0.4) is 0 Å². The topological polar surface area (TPSA) is 34.1 Å². The van der Waals surface area contributed by atoms with E-state index in [9.17, 15) is 0 Å². The Morgan fingerprint density at radius 2 is 0.591 bits per heavy atom. The zero-order valence-corrected chi connectivity index (χ0v) is 30.1. The van der Waals surface area contributed by atoms with Crippen LogP contribution in [-0.2, 0) is 9.13 Å². The van der Waals surface area contributed by atoms with E-state index in [0.717, 1.165) is 21.2 Å². The van der Waals surface area contributed by atoms with Gasteiger partial charge in [-0.2, -0.15) is 0 Å². The van der Waals surface area contributed by atoms with Gasteiger partial charge in [0.25, 0.3) is 0 Å². The van der Waals surface area contributed by atoms with Gasteiger partial charge in [0.2, 0.25) is 0 Å². The number of benzene rings is 6. The van der Waals surface area contributed by atoms with Gasteiger partial charge in [-0.1, -0.05) is 0 Å². The van der Waals surface area contributed by atoms with Gasteiger partial charge in [-0.3, -0.25) is 0 Å². The molecule has 0 spiro atoms. The molecule has 0 aliphatic heterocycles. The Balaban J connectivity index is 1.71. The van der Waals surface area contributed by atoms with Gasteiger partial charge in [0.05, 0.1) is 0 Å². The molecule has 6 aromatic carbocycles. The van der Waals surface area contributed by atoms with Crippen LogP contribution in [0, 0.1) is 0 Å². The van der Waals surface area contributed by atoms with Gasteiger partial charge in [-0.15, -0.1) is 0 Å². The molecule has 0 aliphatic rings. The predicted molar refractivity (Wildman–Crippen MR) is 195 cm³/mol. The molecule has 0 aliphatic carbocycles. The zero-order valence-electron chi connectivity index (χ0n) is 23.9. The molecule has 0 bridgehead atoms. The quantitative estimate of drug-likeness (QED) is 0.113. The first-order valence-electron chi connectivity index (χ1n) is 14.3. The molecular formula is C37H32O2P3Se2+.